The van der Waals surface area contributed by atoms with Crippen LogP contribution in [0, 0.1) is 5.92 Å². The Morgan fingerprint density at radius 2 is 1.57 bits per heavy atom. The van der Waals surface area contributed by atoms with Gasteiger partial charge in [-0.25, -0.2) is 0 Å². The Bertz CT molecular complexity index is 454. The minimum Gasteiger partial charge on any atom is -0.345 e. The van der Waals surface area contributed by atoms with Crippen molar-refractivity contribution < 1.29 is 19.2 Å². The first kappa shape index (κ1) is 21.6. The maximum Gasteiger partial charge on any atom is 0.243 e. The highest BCUT2D eigenvalue weighted by molar-refractivity contribution is 7.96. The van der Waals surface area contributed by atoms with Crippen LogP contribution in [0.4, 0.5) is 0 Å². The SMILES string of the molecule is CNC(CCC(=O)S)C(=O)NC(C(=O)NC(C)C(C)=O)C(C)C. The number of ketones is 1. The zero-order valence-corrected chi connectivity index (χ0v) is 15.2. The minimum absolute atomic E-state index is 0.151. The van der Waals surface area contributed by atoms with E-state index in [-0.39, 0.29) is 29.1 Å². The van der Waals surface area contributed by atoms with Crippen molar-refractivity contribution in [2.45, 2.75) is 58.7 Å². The van der Waals surface area contributed by atoms with Crippen LogP contribution in [0.25, 0.3) is 0 Å². The van der Waals surface area contributed by atoms with Gasteiger partial charge in [-0.15, -0.1) is 12.6 Å². The zero-order chi connectivity index (χ0) is 18.2. The van der Waals surface area contributed by atoms with E-state index >= 15 is 0 Å². The van der Waals surface area contributed by atoms with Crippen LogP contribution in [0.1, 0.15) is 40.5 Å². The van der Waals surface area contributed by atoms with Gasteiger partial charge in [-0.3, -0.25) is 19.2 Å². The van der Waals surface area contributed by atoms with Crippen molar-refractivity contribution in [2.75, 3.05) is 7.05 Å². The molecule has 8 heteroatoms. The number of carbonyl (C=O) groups is 4. The molecule has 132 valence electrons. The highest BCUT2D eigenvalue weighted by Crippen LogP contribution is 2.06. The summed E-state index contributed by atoms with van der Waals surface area (Å²) in [5, 5.41) is 7.77. The topological polar surface area (TPSA) is 104 Å². The molecule has 0 aromatic rings. The van der Waals surface area contributed by atoms with E-state index < -0.39 is 24.0 Å². The van der Waals surface area contributed by atoms with Crippen molar-refractivity contribution >= 4 is 35.3 Å². The van der Waals surface area contributed by atoms with Crippen LogP contribution in [0.5, 0.6) is 0 Å². The molecule has 3 unspecified atom stereocenters. The summed E-state index contributed by atoms with van der Waals surface area (Å²) in [4.78, 5) is 46.7. The third-order valence-corrected chi connectivity index (χ3v) is 3.75. The molecule has 2 amide bonds. The molecule has 0 aliphatic heterocycles. The van der Waals surface area contributed by atoms with Crippen molar-refractivity contribution in [3.8, 4) is 0 Å². The van der Waals surface area contributed by atoms with Gasteiger partial charge in [0.1, 0.15) is 6.04 Å². The molecule has 7 nitrogen and oxygen atoms in total. The molecule has 0 radical (unpaired) electrons. The van der Waals surface area contributed by atoms with Gasteiger partial charge in [-0.1, -0.05) is 13.8 Å². The third kappa shape index (κ3) is 8.13. The summed E-state index contributed by atoms with van der Waals surface area (Å²) in [5.74, 6) is -1.09. The van der Waals surface area contributed by atoms with Crippen LogP contribution in [-0.2, 0) is 19.2 Å². The number of hydrogen-bond donors (Lipinski definition) is 4. The van der Waals surface area contributed by atoms with Crippen molar-refractivity contribution in [1.82, 2.24) is 16.0 Å². The van der Waals surface area contributed by atoms with Crippen molar-refractivity contribution in [3.05, 3.63) is 0 Å². The van der Waals surface area contributed by atoms with Gasteiger partial charge < -0.3 is 16.0 Å². The lowest BCUT2D eigenvalue weighted by atomic mass is 10.0. The Morgan fingerprint density at radius 1 is 1.00 bits per heavy atom. The maximum absolute atomic E-state index is 12.3. The molecule has 0 aromatic heterocycles. The highest BCUT2D eigenvalue weighted by atomic mass is 32.1. The number of likely N-dealkylation sites (N-methyl/N-ethyl adjacent to an activating group) is 1. The Hall–Kier alpha value is -1.41. The first-order valence-corrected chi connectivity index (χ1v) is 8.05. The van der Waals surface area contributed by atoms with Crippen molar-refractivity contribution in [1.29, 1.82) is 0 Å². The van der Waals surface area contributed by atoms with Gasteiger partial charge in [0.25, 0.3) is 0 Å². The fraction of sp³-hybridized carbons (Fsp3) is 0.733. The summed E-state index contributed by atoms with van der Waals surface area (Å²) in [6, 6.07) is -1.96. The van der Waals surface area contributed by atoms with E-state index in [2.05, 4.69) is 28.6 Å². The Morgan fingerprint density at radius 3 is 1.96 bits per heavy atom. The van der Waals surface area contributed by atoms with E-state index in [9.17, 15) is 19.2 Å². The smallest absolute Gasteiger partial charge is 0.243 e. The molecule has 0 bridgehead atoms. The molecule has 0 aromatic carbocycles. The second kappa shape index (κ2) is 10.4. The van der Waals surface area contributed by atoms with Gasteiger partial charge in [-0.2, -0.15) is 0 Å². The average Bonchev–Trinajstić information content (AvgIpc) is 2.44. The molecule has 3 atom stereocenters. The van der Waals surface area contributed by atoms with Gasteiger partial charge in [0.15, 0.2) is 10.9 Å². The summed E-state index contributed by atoms with van der Waals surface area (Å²) in [7, 11) is 1.61. The highest BCUT2D eigenvalue weighted by Gasteiger charge is 2.28. The lowest BCUT2D eigenvalue weighted by molar-refractivity contribution is -0.132. The molecular formula is C15H27N3O4S. The fourth-order valence-corrected chi connectivity index (χ4v) is 2.00. The summed E-state index contributed by atoms with van der Waals surface area (Å²) in [6.07, 6.45) is 0.447. The lowest BCUT2D eigenvalue weighted by Gasteiger charge is -2.25. The summed E-state index contributed by atoms with van der Waals surface area (Å²) < 4.78 is 0. The third-order valence-electron chi connectivity index (χ3n) is 3.53. The molecule has 23 heavy (non-hydrogen) atoms. The summed E-state index contributed by atoms with van der Waals surface area (Å²) in [6.45, 7) is 6.58. The van der Waals surface area contributed by atoms with Gasteiger partial charge in [-0.05, 0) is 33.2 Å². The van der Waals surface area contributed by atoms with E-state index in [1.165, 1.54) is 6.92 Å². The number of thiol groups is 1. The Kier molecular flexibility index (Phi) is 9.74. The van der Waals surface area contributed by atoms with Gasteiger partial charge in [0.05, 0.1) is 12.1 Å². The van der Waals surface area contributed by atoms with Crippen LogP contribution in [-0.4, -0.2) is 47.9 Å². The largest absolute Gasteiger partial charge is 0.345 e. The molecule has 0 aliphatic rings. The van der Waals surface area contributed by atoms with Gasteiger partial charge in [0.2, 0.25) is 11.8 Å². The molecule has 0 saturated carbocycles. The standard InChI is InChI=1S/C15H27N3O4S/c1-8(2)13(15(22)17-9(3)10(4)19)18-14(21)11(16-5)6-7-12(20)23/h8-9,11,13,16H,6-7H2,1-5H3,(H,17,22)(H,18,21)(H,20,23). The van der Waals surface area contributed by atoms with E-state index in [1.54, 1.807) is 27.8 Å². The number of Topliss-reactive ketones (excluding diaryl/α,β-unsaturated/α-hetero) is 1. The molecule has 3 N–H and O–H groups in total. The molecular weight excluding hydrogens is 318 g/mol. The number of amides is 2. The molecule has 0 rings (SSSR count). The molecule has 0 spiro atoms. The van der Waals surface area contributed by atoms with Gasteiger partial charge >= 0.3 is 0 Å². The number of hydrogen-bond acceptors (Lipinski definition) is 5. The normalized spacial score (nSPS) is 14.7. The van der Waals surface area contributed by atoms with Crippen LogP contribution >= 0.6 is 12.6 Å². The monoisotopic (exact) mass is 345 g/mol. The first-order chi connectivity index (χ1) is 10.6. The lowest BCUT2D eigenvalue weighted by Crippen LogP contribution is -2.56. The number of carbonyl (C=O) groups excluding carboxylic acids is 4. The minimum atomic E-state index is -0.758. The predicted molar refractivity (Wildman–Crippen MR) is 91.1 cm³/mol. The van der Waals surface area contributed by atoms with Crippen LogP contribution < -0.4 is 16.0 Å². The quantitative estimate of drug-likeness (QED) is 0.419. The average molecular weight is 345 g/mol. The molecule has 0 heterocycles. The zero-order valence-electron chi connectivity index (χ0n) is 14.3. The fourth-order valence-electron chi connectivity index (χ4n) is 1.87. The van der Waals surface area contributed by atoms with Crippen LogP contribution in [0.15, 0.2) is 0 Å². The second-order valence-corrected chi connectivity index (χ2v) is 6.34. The van der Waals surface area contributed by atoms with Crippen molar-refractivity contribution in [2.24, 2.45) is 5.92 Å². The number of rotatable bonds is 10. The Labute approximate surface area is 142 Å². The molecule has 0 fully saturated rings. The molecule has 0 saturated heterocycles. The first-order valence-electron chi connectivity index (χ1n) is 7.60. The second-order valence-electron chi connectivity index (χ2n) is 5.84. The van der Waals surface area contributed by atoms with E-state index in [0.29, 0.717) is 6.42 Å². The van der Waals surface area contributed by atoms with E-state index in [4.69, 9.17) is 0 Å². The summed E-state index contributed by atoms with van der Waals surface area (Å²) >= 11 is 3.68. The van der Waals surface area contributed by atoms with Crippen LogP contribution in [0.3, 0.4) is 0 Å². The van der Waals surface area contributed by atoms with Crippen LogP contribution in [0.2, 0.25) is 0 Å². The van der Waals surface area contributed by atoms with E-state index in [1.807, 2.05) is 0 Å². The van der Waals surface area contributed by atoms with Crippen molar-refractivity contribution in [3.63, 3.8) is 0 Å². The Balaban J connectivity index is 4.84. The van der Waals surface area contributed by atoms with E-state index in [0.717, 1.165) is 0 Å². The summed E-state index contributed by atoms with van der Waals surface area (Å²) in [5.41, 5.74) is 0. The maximum atomic E-state index is 12.3. The predicted octanol–water partition coefficient (Wildman–Crippen LogP) is 0.0455. The molecule has 0 aliphatic carbocycles. The number of nitrogens with one attached hydrogen (secondary N) is 3. The van der Waals surface area contributed by atoms with Gasteiger partial charge in [0, 0.05) is 6.42 Å².